The Morgan fingerprint density at radius 1 is 1.64 bits per heavy atom. The van der Waals surface area contributed by atoms with Gasteiger partial charge in [0.05, 0.1) is 12.1 Å². The lowest BCUT2D eigenvalue weighted by molar-refractivity contribution is 0.911. The lowest BCUT2D eigenvalue weighted by Crippen LogP contribution is -1.86. The predicted molar refractivity (Wildman–Crippen MR) is 42.5 cm³/mol. The van der Waals surface area contributed by atoms with Crippen LogP contribution in [0, 0.1) is 11.3 Å². The van der Waals surface area contributed by atoms with Gasteiger partial charge in [0, 0.05) is 11.0 Å². The average molecular weight is 148 g/mol. The first-order chi connectivity index (χ1) is 5.31. The van der Waals surface area contributed by atoms with Crippen molar-refractivity contribution >= 4 is 0 Å². The van der Waals surface area contributed by atoms with E-state index < -0.39 is 0 Å². The minimum absolute atomic E-state index is 0.164. The maximum atomic E-state index is 8.08. The van der Waals surface area contributed by atoms with Crippen LogP contribution in [0.5, 0.6) is 0 Å². The summed E-state index contributed by atoms with van der Waals surface area (Å²) >= 11 is 0. The van der Waals surface area contributed by atoms with Crippen molar-refractivity contribution in [2.75, 3.05) is 0 Å². The third kappa shape index (κ3) is 6.16. The second-order valence-electron chi connectivity index (χ2n) is 1.82. The van der Waals surface area contributed by atoms with Crippen LogP contribution in [0.4, 0.5) is 0 Å². The van der Waals surface area contributed by atoms with Gasteiger partial charge in [-0.15, -0.1) is 0 Å². The summed E-state index contributed by atoms with van der Waals surface area (Å²) in [6.07, 6.45) is 6.30. The van der Waals surface area contributed by atoms with E-state index in [1.54, 1.807) is 25.2 Å². The van der Waals surface area contributed by atoms with Crippen LogP contribution in [0.25, 0.3) is 10.4 Å². The zero-order chi connectivity index (χ0) is 8.53. The minimum atomic E-state index is -0.164. The van der Waals surface area contributed by atoms with Crippen LogP contribution in [0.1, 0.15) is 6.92 Å². The number of azide groups is 1. The van der Waals surface area contributed by atoms with Crippen molar-refractivity contribution in [3.63, 3.8) is 0 Å². The molecule has 0 aromatic heterocycles. The number of hydrogen-bond donors (Lipinski definition) is 0. The molecule has 0 radical (unpaired) electrons. The monoisotopic (exact) mass is 148 g/mol. The Morgan fingerprint density at radius 3 is 2.91 bits per heavy atom. The van der Waals surface area contributed by atoms with Gasteiger partial charge in [-0.05, 0) is 5.53 Å². The molecule has 0 saturated carbocycles. The lowest BCUT2D eigenvalue weighted by atomic mass is 10.3. The van der Waals surface area contributed by atoms with E-state index in [9.17, 15) is 0 Å². The zero-order valence-corrected chi connectivity index (χ0v) is 6.18. The van der Waals surface area contributed by atoms with Crippen LogP contribution < -0.4 is 0 Å². The lowest BCUT2D eigenvalue weighted by Gasteiger charge is -1.89. The van der Waals surface area contributed by atoms with Gasteiger partial charge in [0.15, 0.2) is 0 Å². The van der Waals surface area contributed by atoms with Crippen molar-refractivity contribution in [3.05, 3.63) is 34.7 Å². The van der Waals surface area contributed by atoms with Crippen molar-refractivity contribution in [2.45, 2.75) is 13.0 Å². The first-order valence-electron chi connectivity index (χ1n) is 3.08. The highest BCUT2D eigenvalue weighted by atomic mass is 15.1. The molecular formula is C7H8N4. The molecule has 0 N–H and O–H groups in total. The smallest absolute Gasteiger partial charge is 0.0912 e. The first kappa shape index (κ1) is 9.28. The normalized spacial score (nSPS) is 12.7. The predicted octanol–water partition coefficient (Wildman–Crippen LogP) is 2.32. The highest BCUT2D eigenvalue weighted by molar-refractivity contribution is 5.12. The largest absolute Gasteiger partial charge is 0.193 e. The molecule has 0 spiro atoms. The number of rotatable bonds is 3. The second-order valence-corrected chi connectivity index (χ2v) is 1.82. The fourth-order valence-electron chi connectivity index (χ4n) is 0.443. The van der Waals surface area contributed by atoms with Gasteiger partial charge in [-0.3, -0.25) is 0 Å². The standard InChI is InChI=1S/C7H8N4/c1-7(10-11-9)5-3-2-4-6-8/h2-5,7H,1H3/b4-2+,5-3+. The summed E-state index contributed by atoms with van der Waals surface area (Å²) in [6, 6.07) is 1.67. The molecule has 0 fully saturated rings. The van der Waals surface area contributed by atoms with E-state index in [-0.39, 0.29) is 6.04 Å². The van der Waals surface area contributed by atoms with E-state index in [1.165, 1.54) is 6.08 Å². The molecule has 0 heterocycles. The van der Waals surface area contributed by atoms with Gasteiger partial charge in [-0.2, -0.15) is 5.26 Å². The molecule has 0 aliphatic heterocycles. The van der Waals surface area contributed by atoms with Crippen LogP contribution >= 0.6 is 0 Å². The van der Waals surface area contributed by atoms with E-state index in [4.69, 9.17) is 10.8 Å². The highest BCUT2D eigenvalue weighted by Gasteiger charge is 1.85. The molecule has 0 aromatic rings. The summed E-state index contributed by atoms with van der Waals surface area (Å²) in [5.74, 6) is 0. The fourth-order valence-corrected chi connectivity index (χ4v) is 0.443. The number of nitriles is 1. The SMILES string of the molecule is CC(/C=C/C=C/C#N)N=[N+]=[N-]. The van der Waals surface area contributed by atoms with E-state index in [2.05, 4.69) is 10.0 Å². The molecule has 56 valence electrons. The Balaban J connectivity index is 3.85. The number of allylic oxidation sites excluding steroid dienone is 3. The third-order valence-electron chi connectivity index (χ3n) is 0.905. The summed E-state index contributed by atoms with van der Waals surface area (Å²) in [5.41, 5.74) is 7.99. The zero-order valence-electron chi connectivity index (χ0n) is 6.18. The van der Waals surface area contributed by atoms with Crippen LogP contribution in [-0.4, -0.2) is 6.04 Å². The van der Waals surface area contributed by atoms with Gasteiger partial charge < -0.3 is 0 Å². The second kappa shape index (κ2) is 6.40. The minimum Gasteiger partial charge on any atom is -0.193 e. The van der Waals surface area contributed by atoms with Crippen LogP contribution in [0.3, 0.4) is 0 Å². The number of nitrogens with zero attached hydrogens (tertiary/aromatic N) is 4. The maximum absolute atomic E-state index is 8.08. The van der Waals surface area contributed by atoms with E-state index in [0.717, 1.165) is 0 Å². The average Bonchev–Trinajstić information content (AvgIpc) is 1.99. The summed E-state index contributed by atoms with van der Waals surface area (Å²) in [5, 5.41) is 11.5. The van der Waals surface area contributed by atoms with E-state index >= 15 is 0 Å². The van der Waals surface area contributed by atoms with Crippen molar-refractivity contribution in [1.82, 2.24) is 0 Å². The molecule has 0 amide bonds. The molecule has 4 heteroatoms. The summed E-state index contributed by atoms with van der Waals surface area (Å²) < 4.78 is 0. The quantitative estimate of drug-likeness (QED) is 0.199. The van der Waals surface area contributed by atoms with Crippen molar-refractivity contribution < 1.29 is 0 Å². The molecule has 0 saturated heterocycles. The van der Waals surface area contributed by atoms with Gasteiger partial charge in [0.25, 0.3) is 0 Å². The molecule has 1 atom stereocenters. The van der Waals surface area contributed by atoms with Crippen LogP contribution in [-0.2, 0) is 0 Å². The Morgan fingerprint density at radius 2 is 2.36 bits per heavy atom. The maximum Gasteiger partial charge on any atom is 0.0912 e. The fraction of sp³-hybridized carbons (Fsp3) is 0.286. The van der Waals surface area contributed by atoms with E-state index in [1.807, 2.05) is 6.07 Å². The molecule has 0 aromatic carbocycles. The molecule has 1 unspecified atom stereocenters. The van der Waals surface area contributed by atoms with Gasteiger partial charge in [0.1, 0.15) is 0 Å². The van der Waals surface area contributed by atoms with Gasteiger partial charge in [0.2, 0.25) is 0 Å². The Kier molecular flexibility index (Phi) is 5.40. The summed E-state index contributed by atoms with van der Waals surface area (Å²) in [4.78, 5) is 2.62. The third-order valence-corrected chi connectivity index (χ3v) is 0.905. The topological polar surface area (TPSA) is 72.5 Å². The van der Waals surface area contributed by atoms with E-state index in [0.29, 0.717) is 0 Å². The van der Waals surface area contributed by atoms with Crippen molar-refractivity contribution in [3.8, 4) is 6.07 Å². The molecule has 0 aliphatic carbocycles. The number of hydrogen-bond acceptors (Lipinski definition) is 2. The van der Waals surface area contributed by atoms with Crippen LogP contribution in [0.2, 0.25) is 0 Å². The van der Waals surface area contributed by atoms with Gasteiger partial charge >= 0.3 is 0 Å². The van der Waals surface area contributed by atoms with Crippen LogP contribution in [0.15, 0.2) is 29.4 Å². The highest BCUT2D eigenvalue weighted by Crippen LogP contribution is 1.91. The molecule has 0 aliphatic rings. The van der Waals surface area contributed by atoms with Gasteiger partial charge in [-0.25, -0.2) is 0 Å². The Labute approximate surface area is 65.1 Å². The summed E-state index contributed by atoms with van der Waals surface area (Å²) in [6.45, 7) is 1.76. The Bertz CT molecular complexity index is 240. The molecule has 4 nitrogen and oxygen atoms in total. The van der Waals surface area contributed by atoms with Gasteiger partial charge in [-0.1, -0.05) is 30.3 Å². The summed E-state index contributed by atoms with van der Waals surface area (Å²) in [7, 11) is 0. The molecule has 0 bridgehead atoms. The van der Waals surface area contributed by atoms with Crippen molar-refractivity contribution in [2.24, 2.45) is 5.11 Å². The molecular weight excluding hydrogens is 140 g/mol. The van der Waals surface area contributed by atoms with Crippen molar-refractivity contribution in [1.29, 1.82) is 5.26 Å². The molecule has 11 heavy (non-hydrogen) atoms. The first-order valence-corrected chi connectivity index (χ1v) is 3.08. The Hall–Kier alpha value is -1.72. The molecule has 0 rings (SSSR count).